The van der Waals surface area contributed by atoms with Crippen molar-refractivity contribution in [3.05, 3.63) is 60.2 Å². The Morgan fingerprint density at radius 1 is 1.19 bits per heavy atom. The lowest BCUT2D eigenvalue weighted by Gasteiger charge is -2.43. The van der Waals surface area contributed by atoms with Crippen molar-refractivity contribution >= 4 is 16.1 Å². The van der Waals surface area contributed by atoms with Crippen LogP contribution in [-0.4, -0.2) is 86.7 Å². The SMILES string of the molecule is COc1ccc(S(=O)(=O)N(C[C@@H](O)[C@H](Cc2ccccc2)N(C(=O)[O-])[C@H]2CO[C@H]3OCC[C@H]32)CC(C)(C)CCC#N)cc1. The number of rotatable bonds is 14. The first-order valence-electron chi connectivity index (χ1n) is 14.4. The minimum Gasteiger partial charge on any atom is -0.530 e. The molecule has 2 aromatic rings. The summed E-state index contributed by atoms with van der Waals surface area (Å²) in [5.41, 5.74) is 0.154. The highest BCUT2D eigenvalue weighted by molar-refractivity contribution is 7.89. The molecule has 0 aliphatic carbocycles. The van der Waals surface area contributed by atoms with Crippen molar-refractivity contribution in [3.63, 3.8) is 0 Å². The van der Waals surface area contributed by atoms with E-state index in [4.69, 9.17) is 14.2 Å². The molecule has 0 spiro atoms. The van der Waals surface area contributed by atoms with Gasteiger partial charge in [0, 0.05) is 25.4 Å². The summed E-state index contributed by atoms with van der Waals surface area (Å²) in [6.07, 6.45) is -2.06. The number of hydrogen-bond donors (Lipinski definition) is 1. The molecule has 2 aromatic carbocycles. The zero-order valence-electron chi connectivity index (χ0n) is 24.8. The standard InChI is InChI=1S/C31H41N3O8S/c1-31(2,15-7-16-32)21-33(43(38,39)24-12-10-23(40-3)11-13-24)19-28(35)26(18-22-8-5-4-6-9-22)34(30(36)37)27-20-42-29-25(27)14-17-41-29/h4-6,8-13,25-29,35H,7,14-15,17-21H2,1-3H3,(H,36,37)/p-1/t25-,26-,27-,28+,29+/m0/s1. The molecule has 1 amide bonds. The van der Waals surface area contributed by atoms with Gasteiger partial charge in [0.05, 0.1) is 49.5 Å². The molecule has 43 heavy (non-hydrogen) atoms. The molecule has 0 aromatic heterocycles. The zero-order chi connectivity index (χ0) is 31.2. The van der Waals surface area contributed by atoms with Crippen molar-refractivity contribution in [2.75, 3.05) is 33.4 Å². The van der Waals surface area contributed by atoms with E-state index in [-0.39, 0.29) is 43.4 Å². The van der Waals surface area contributed by atoms with Gasteiger partial charge in [0.2, 0.25) is 10.0 Å². The van der Waals surface area contributed by atoms with Gasteiger partial charge in [-0.15, -0.1) is 0 Å². The van der Waals surface area contributed by atoms with Gasteiger partial charge in [-0.2, -0.15) is 9.57 Å². The fourth-order valence-corrected chi connectivity index (χ4v) is 7.59. The van der Waals surface area contributed by atoms with E-state index in [0.29, 0.717) is 25.2 Å². The maximum atomic E-state index is 14.0. The lowest BCUT2D eigenvalue weighted by Crippen LogP contribution is -2.61. The first kappa shape index (κ1) is 32.7. The van der Waals surface area contributed by atoms with Crippen molar-refractivity contribution in [3.8, 4) is 11.8 Å². The van der Waals surface area contributed by atoms with Crippen LogP contribution in [-0.2, 0) is 25.9 Å². The van der Waals surface area contributed by atoms with Crippen LogP contribution in [0.15, 0.2) is 59.5 Å². The second kappa shape index (κ2) is 14.1. The summed E-state index contributed by atoms with van der Waals surface area (Å²) >= 11 is 0. The van der Waals surface area contributed by atoms with Crippen LogP contribution >= 0.6 is 0 Å². The quantitative estimate of drug-likeness (QED) is 0.338. The van der Waals surface area contributed by atoms with Crippen molar-refractivity contribution in [1.29, 1.82) is 5.26 Å². The van der Waals surface area contributed by atoms with E-state index in [1.54, 1.807) is 12.1 Å². The van der Waals surface area contributed by atoms with Gasteiger partial charge in [-0.25, -0.2) is 8.42 Å². The first-order valence-corrected chi connectivity index (χ1v) is 15.9. The number of nitriles is 1. The number of fused-ring (bicyclic) bond motifs is 1. The molecule has 2 fully saturated rings. The van der Waals surface area contributed by atoms with Gasteiger partial charge in [-0.3, -0.25) is 0 Å². The summed E-state index contributed by atoms with van der Waals surface area (Å²) in [4.78, 5) is 13.9. The van der Waals surface area contributed by atoms with Crippen molar-refractivity contribution < 1.29 is 37.6 Å². The van der Waals surface area contributed by atoms with Crippen LogP contribution in [0.5, 0.6) is 5.75 Å². The Balaban J connectivity index is 1.71. The third-order valence-electron chi connectivity index (χ3n) is 8.27. The molecule has 4 rings (SSSR count). The molecule has 0 radical (unpaired) electrons. The molecular weight excluding hydrogens is 574 g/mol. The number of hydrogen-bond acceptors (Lipinski definition) is 9. The monoisotopic (exact) mass is 614 g/mol. The number of carboxylic acid groups (broad SMARTS) is 1. The van der Waals surface area contributed by atoms with E-state index in [1.807, 2.05) is 44.2 Å². The number of methoxy groups -OCH3 is 1. The molecule has 0 unspecified atom stereocenters. The summed E-state index contributed by atoms with van der Waals surface area (Å²) in [7, 11) is -2.68. The van der Waals surface area contributed by atoms with E-state index in [1.165, 1.54) is 23.5 Å². The highest BCUT2D eigenvalue weighted by Gasteiger charge is 2.47. The van der Waals surface area contributed by atoms with Gasteiger partial charge >= 0.3 is 0 Å². The predicted octanol–water partition coefficient (Wildman–Crippen LogP) is 2.39. The van der Waals surface area contributed by atoms with Gasteiger partial charge in [-0.05, 0) is 54.5 Å². The van der Waals surface area contributed by atoms with Crippen LogP contribution in [0.3, 0.4) is 0 Å². The van der Waals surface area contributed by atoms with E-state index in [0.717, 1.165) is 10.5 Å². The van der Waals surface area contributed by atoms with Crippen LogP contribution in [0.4, 0.5) is 4.79 Å². The predicted molar refractivity (Wildman–Crippen MR) is 155 cm³/mol. The lowest BCUT2D eigenvalue weighted by molar-refractivity contribution is -0.273. The summed E-state index contributed by atoms with van der Waals surface area (Å²) in [5, 5.41) is 33.8. The number of benzene rings is 2. The van der Waals surface area contributed by atoms with Crippen LogP contribution in [0.2, 0.25) is 0 Å². The topological polar surface area (TPSA) is 152 Å². The molecule has 5 atom stereocenters. The van der Waals surface area contributed by atoms with Gasteiger partial charge in [0.15, 0.2) is 6.29 Å². The van der Waals surface area contributed by atoms with Crippen LogP contribution in [0.1, 0.15) is 38.7 Å². The van der Waals surface area contributed by atoms with Gasteiger partial charge in [0.1, 0.15) is 11.8 Å². The van der Waals surface area contributed by atoms with Crippen LogP contribution in [0.25, 0.3) is 0 Å². The van der Waals surface area contributed by atoms with Crippen LogP contribution in [0, 0.1) is 22.7 Å². The Morgan fingerprint density at radius 2 is 1.88 bits per heavy atom. The second-order valence-electron chi connectivity index (χ2n) is 11.9. The number of ether oxygens (including phenoxy) is 3. The minimum absolute atomic E-state index is 0.00286. The average Bonchev–Trinajstić information content (AvgIpc) is 3.61. The maximum absolute atomic E-state index is 14.0. The van der Waals surface area contributed by atoms with Gasteiger partial charge in [-0.1, -0.05) is 44.2 Å². The molecule has 0 bridgehead atoms. The smallest absolute Gasteiger partial charge is 0.243 e. The van der Waals surface area contributed by atoms with Crippen molar-refractivity contribution in [2.24, 2.45) is 11.3 Å². The Bertz CT molecular complexity index is 1360. The number of carbonyl (C=O) groups excluding carboxylic acids is 1. The number of sulfonamides is 1. The summed E-state index contributed by atoms with van der Waals surface area (Å²) in [5.74, 6) is 0.257. The number of aliphatic hydroxyl groups excluding tert-OH is 1. The number of carbonyl (C=O) groups is 1. The number of nitrogens with zero attached hydrogens (tertiary/aromatic N) is 3. The fourth-order valence-electron chi connectivity index (χ4n) is 5.95. The minimum atomic E-state index is -4.16. The Morgan fingerprint density at radius 3 is 2.51 bits per heavy atom. The third kappa shape index (κ3) is 7.85. The molecule has 2 saturated heterocycles. The molecular formula is C31H40N3O8S-. The van der Waals surface area contributed by atoms with E-state index < -0.39 is 46.0 Å². The molecule has 2 aliphatic heterocycles. The van der Waals surface area contributed by atoms with E-state index in [2.05, 4.69) is 6.07 Å². The summed E-state index contributed by atoms with van der Waals surface area (Å²) in [6, 6.07) is 15.5. The Hall–Kier alpha value is -3.21. The normalized spacial score (nSPS) is 21.6. The van der Waals surface area contributed by atoms with Gasteiger partial charge in [0.25, 0.3) is 0 Å². The van der Waals surface area contributed by atoms with E-state index in [9.17, 15) is 28.7 Å². The molecule has 234 valence electrons. The Kier molecular flexibility index (Phi) is 10.7. The third-order valence-corrected chi connectivity index (χ3v) is 10.1. The molecule has 0 saturated carbocycles. The average molecular weight is 615 g/mol. The molecule has 2 heterocycles. The molecule has 12 heteroatoms. The zero-order valence-corrected chi connectivity index (χ0v) is 25.6. The Labute approximate surface area is 253 Å². The first-order chi connectivity index (χ1) is 20.5. The lowest BCUT2D eigenvalue weighted by atomic mass is 9.87. The van der Waals surface area contributed by atoms with Crippen LogP contribution < -0.4 is 9.84 Å². The summed E-state index contributed by atoms with van der Waals surface area (Å²) in [6.45, 7) is 3.84. The number of aliphatic hydroxyl groups is 1. The van der Waals surface area contributed by atoms with Gasteiger partial charge < -0.3 is 34.1 Å². The highest BCUT2D eigenvalue weighted by atomic mass is 32.2. The van der Waals surface area contributed by atoms with Crippen molar-refractivity contribution in [1.82, 2.24) is 9.21 Å². The van der Waals surface area contributed by atoms with Crippen molar-refractivity contribution in [2.45, 2.75) is 68.9 Å². The van der Waals surface area contributed by atoms with E-state index >= 15 is 0 Å². The highest BCUT2D eigenvalue weighted by Crippen LogP contribution is 2.36. The fraction of sp³-hybridized carbons (Fsp3) is 0.548. The molecule has 1 N–H and O–H groups in total. The molecule has 2 aliphatic rings. The largest absolute Gasteiger partial charge is 0.530 e. The molecule has 11 nitrogen and oxygen atoms in total. The second-order valence-corrected chi connectivity index (χ2v) is 13.8. The summed E-state index contributed by atoms with van der Waals surface area (Å²) < 4.78 is 45.8. The maximum Gasteiger partial charge on any atom is 0.243 e. The number of amides is 1.